The van der Waals surface area contributed by atoms with E-state index in [1.54, 1.807) is 4.90 Å². The van der Waals surface area contributed by atoms with Crippen LogP contribution in [0.1, 0.15) is 40.5 Å². The average molecular weight is 339 g/mol. The minimum absolute atomic E-state index is 0.188. The molecule has 5 nitrogen and oxygen atoms in total. The molecule has 1 heterocycles. The molecule has 3 rings (SSSR count). The summed E-state index contributed by atoms with van der Waals surface area (Å²) >= 11 is 0. The second-order valence-electron chi connectivity index (χ2n) is 7.71. The second kappa shape index (κ2) is 6.06. The highest BCUT2D eigenvalue weighted by atomic mass is 16.4. The molecular formula is C20H25N3O2. The molecular weight excluding hydrogens is 314 g/mol. The van der Waals surface area contributed by atoms with Gasteiger partial charge in [0, 0.05) is 10.9 Å². The van der Waals surface area contributed by atoms with Crippen LogP contribution in [-0.2, 0) is 0 Å². The standard InChI is InChI=1S/C20H25N3O2/c1-19(2)13-12-17(22-25)20(3,4)23(19)18(24)21-16-11-7-9-14-8-5-6-10-15(14)16/h5-11,25H,12-13H2,1-4H3,(H,21,24). The van der Waals surface area contributed by atoms with Crippen molar-refractivity contribution in [2.24, 2.45) is 5.16 Å². The zero-order valence-electron chi connectivity index (χ0n) is 15.2. The SMILES string of the molecule is CC1(C)CCC(=NO)C(C)(C)N1C(=O)Nc1cccc2ccccc12. The van der Waals surface area contributed by atoms with Gasteiger partial charge >= 0.3 is 6.03 Å². The van der Waals surface area contributed by atoms with Crippen LogP contribution in [0.25, 0.3) is 10.8 Å². The molecule has 0 unspecified atom stereocenters. The van der Waals surface area contributed by atoms with Gasteiger partial charge in [-0.15, -0.1) is 0 Å². The number of oxime groups is 1. The lowest BCUT2D eigenvalue weighted by atomic mass is 9.78. The summed E-state index contributed by atoms with van der Waals surface area (Å²) in [5.74, 6) is 0. The molecule has 2 aromatic rings. The molecule has 2 amide bonds. The number of nitrogens with one attached hydrogen (secondary N) is 1. The van der Waals surface area contributed by atoms with Crippen LogP contribution in [0.15, 0.2) is 47.6 Å². The number of carbonyl (C=O) groups excluding carboxylic acids is 1. The Bertz CT molecular complexity index is 834. The summed E-state index contributed by atoms with van der Waals surface area (Å²) in [6, 6.07) is 13.6. The number of hydrogen-bond acceptors (Lipinski definition) is 3. The number of benzene rings is 2. The third-order valence-electron chi connectivity index (χ3n) is 5.20. The molecule has 0 saturated carbocycles. The fourth-order valence-corrected chi connectivity index (χ4v) is 3.93. The van der Waals surface area contributed by atoms with Crippen LogP contribution in [0.5, 0.6) is 0 Å². The quantitative estimate of drug-likeness (QED) is 0.576. The first kappa shape index (κ1) is 17.3. The van der Waals surface area contributed by atoms with E-state index < -0.39 is 5.54 Å². The number of carbonyl (C=O) groups is 1. The number of piperidine rings is 1. The summed E-state index contributed by atoms with van der Waals surface area (Å²) in [5.41, 5.74) is 0.403. The monoisotopic (exact) mass is 339 g/mol. The molecule has 132 valence electrons. The smallest absolute Gasteiger partial charge is 0.323 e. The summed E-state index contributed by atoms with van der Waals surface area (Å²) in [6.07, 6.45) is 1.42. The van der Waals surface area contributed by atoms with Crippen LogP contribution in [-0.4, -0.2) is 32.9 Å². The maximum absolute atomic E-state index is 13.2. The van der Waals surface area contributed by atoms with Gasteiger partial charge in [0.25, 0.3) is 0 Å². The van der Waals surface area contributed by atoms with Gasteiger partial charge < -0.3 is 15.4 Å². The van der Waals surface area contributed by atoms with Crippen molar-refractivity contribution in [2.45, 2.75) is 51.6 Å². The molecule has 1 saturated heterocycles. The Balaban J connectivity index is 1.98. The normalized spacial score (nSPS) is 20.6. The fourth-order valence-electron chi connectivity index (χ4n) is 3.93. The Hall–Kier alpha value is -2.56. The second-order valence-corrected chi connectivity index (χ2v) is 7.71. The Morgan fingerprint density at radius 3 is 2.52 bits per heavy atom. The molecule has 2 aromatic carbocycles. The number of fused-ring (bicyclic) bond motifs is 1. The molecule has 0 radical (unpaired) electrons. The molecule has 1 aliphatic heterocycles. The first-order valence-corrected chi connectivity index (χ1v) is 8.58. The largest absolute Gasteiger partial charge is 0.411 e. The molecule has 0 atom stereocenters. The molecule has 2 N–H and O–H groups in total. The topological polar surface area (TPSA) is 64.9 Å². The third-order valence-corrected chi connectivity index (χ3v) is 5.20. The molecule has 25 heavy (non-hydrogen) atoms. The predicted molar refractivity (Wildman–Crippen MR) is 101 cm³/mol. The molecule has 0 aromatic heterocycles. The molecule has 1 fully saturated rings. The number of urea groups is 1. The molecule has 0 aliphatic carbocycles. The summed E-state index contributed by atoms with van der Waals surface area (Å²) in [7, 11) is 0. The molecule has 0 bridgehead atoms. The zero-order chi connectivity index (χ0) is 18.2. The van der Waals surface area contributed by atoms with Gasteiger partial charge in [-0.2, -0.15) is 0 Å². The highest BCUT2D eigenvalue weighted by Gasteiger charge is 2.48. The maximum Gasteiger partial charge on any atom is 0.323 e. The van der Waals surface area contributed by atoms with Gasteiger partial charge in [-0.3, -0.25) is 0 Å². The summed E-state index contributed by atoms with van der Waals surface area (Å²) in [5, 5.41) is 17.9. The van der Waals surface area contributed by atoms with Crippen molar-refractivity contribution in [2.75, 3.05) is 5.32 Å². The number of rotatable bonds is 1. The number of hydrogen-bond donors (Lipinski definition) is 2. The van der Waals surface area contributed by atoms with E-state index >= 15 is 0 Å². The van der Waals surface area contributed by atoms with E-state index in [9.17, 15) is 10.0 Å². The van der Waals surface area contributed by atoms with Crippen molar-refractivity contribution in [1.29, 1.82) is 0 Å². The van der Waals surface area contributed by atoms with Gasteiger partial charge in [0.2, 0.25) is 0 Å². The van der Waals surface area contributed by atoms with Crippen molar-refractivity contribution < 1.29 is 10.0 Å². The van der Waals surface area contributed by atoms with E-state index in [-0.39, 0.29) is 11.6 Å². The molecule has 5 heteroatoms. The van der Waals surface area contributed by atoms with Crippen molar-refractivity contribution in [3.05, 3.63) is 42.5 Å². The first-order chi connectivity index (χ1) is 11.8. The lowest BCUT2D eigenvalue weighted by Gasteiger charge is -2.52. The average Bonchev–Trinajstić information content (AvgIpc) is 2.54. The van der Waals surface area contributed by atoms with E-state index in [2.05, 4.69) is 10.5 Å². The lowest BCUT2D eigenvalue weighted by molar-refractivity contribution is 0.0732. The van der Waals surface area contributed by atoms with E-state index in [1.807, 2.05) is 70.2 Å². The third kappa shape index (κ3) is 2.95. The summed E-state index contributed by atoms with van der Waals surface area (Å²) in [4.78, 5) is 15.0. The summed E-state index contributed by atoms with van der Waals surface area (Å²) in [6.45, 7) is 7.94. The Morgan fingerprint density at radius 2 is 1.80 bits per heavy atom. The van der Waals surface area contributed by atoms with Crippen molar-refractivity contribution in [3.8, 4) is 0 Å². The van der Waals surface area contributed by atoms with Crippen molar-refractivity contribution in [3.63, 3.8) is 0 Å². The number of nitrogens with zero attached hydrogens (tertiary/aromatic N) is 2. The van der Waals surface area contributed by atoms with Crippen LogP contribution < -0.4 is 5.32 Å². The van der Waals surface area contributed by atoms with Gasteiger partial charge in [-0.05, 0) is 52.0 Å². The Kier molecular flexibility index (Phi) is 4.19. The summed E-state index contributed by atoms with van der Waals surface area (Å²) < 4.78 is 0. The Labute approximate surface area is 148 Å². The minimum Gasteiger partial charge on any atom is -0.411 e. The number of likely N-dealkylation sites (tertiary alicyclic amines) is 1. The maximum atomic E-state index is 13.2. The van der Waals surface area contributed by atoms with E-state index in [4.69, 9.17) is 0 Å². The number of anilines is 1. The van der Waals surface area contributed by atoms with Crippen LogP contribution in [0.4, 0.5) is 10.5 Å². The van der Waals surface area contributed by atoms with Gasteiger partial charge in [-0.1, -0.05) is 41.6 Å². The van der Waals surface area contributed by atoms with E-state index in [0.717, 1.165) is 22.9 Å². The highest BCUT2D eigenvalue weighted by molar-refractivity contribution is 6.04. The van der Waals surface area contributed by atoms with Gasteiger partial charge in [0.15, 0.2) is 0 Å². The molecule has 0 spiro atoms. The molecule has 1 aliphatic rings. The Morgan fingerprint density at radius 1 is 1.12 bits per heavy atom. The van der Waals surface area contributed by atoms with Gasteiger partial charge in [0.1, 0.15) is 0 Å². The first-order valence-electron chi connectivity index (χ1n) is 8.58. The predicted octanol–water partition coefficient (Wildman–Crippen LogP) is 4.85. The van der Waals surface area contributed by atoms with Crippen LogP contribution >= 0.6 is 0 Å². The van der Waals surface area contributed by atoms with E-state index in [1.165, 1.54) is 0 Å². The highest BCUT2D eigenvalue weighted by Crippen LogP contribution is 2.37. The van der Waals surface area contributed by atoms with Crippen molar-refractivity contribution >= 4 is 28.2 Å². The lowest BCUT2D eigenvalue weighted by Crippen LogP contribution is -2.65. The van der Waals surface area contributed by atoms with E-state index in [0.29, 0.717) is 12.1 Å². The fraction of sp³-hybridized carbons (Fsp3) is 0.400. The van der Waals surface area contributed by atoms with Crippen LogP contribution in [0.3, 0.4) is 0 Å². The van der Waals surface area contributed by atoms with Gasteiger partial charge in [-0.25, -0.2) is 4.79 Å². The number of amides is 2. The van der Waals surface area contributed by atoms with Gasteiger partial charge in [0.05, 0.1) is 16.9 Å². The van der Waals surface area contributed by atoms with Crippen molar-refractivity contribution in [1.82, 2.24) is 4.90 Å². The van der Waals surface area contributed by atoms with Crippen LogP contribution in [0, 0.1) is 0 Å². The zero-order valence-corrected chi connectivity index (χ0v) is 15.2. The van der Waals surface area contributed by atoms with Crippen LogP contribution in [0.2, 0.25) is 0 Å². The minimum atomic E-state index is -0.662.